The molecule has 0 aromatic heterocycles. The number of carbonyl (C=O) groups excluding carboxylic acids is 2. The molecule has 0 heterocycles. The minimum atomic E-state index is -0.570. The number of esters is 1. The highest BCUT2D eigenvalue weighted by molar-refractivity contribution is 6.19. The molecule has 0 bridgehead atoms. The molecule has 0 radical (unpaired) electrons. The number of hydrogen-bond donors (Lipinski definition) is 0. The van der Waals surface area contributed by atoms with Crippen LogP contribution in [0.3, 0.4) is 0 Å². The van der Waals surface area contributed by atoms with Crippen LogP contribution in [0.2, 0.25) is 0 Å². The van der Waals surface area contributed by atoms with Crippen molar-refractivity contribution in [2.45, 2.75) is 19.9 Å². The van der Waals surface area contributed by atoms with Crippen molar-refractivity contribution in [2.75, 3.05) is 34.8 Å². The lowest BCUT2D eigenvalue weighted by atomic mass is 10.1. The van der Waals surface area contributed by atoms with E-state index in [0.29, 0.717) is 0 Å². The van der Waals surface area contributed by atoms with Crippen LogP contribution < -0.4 is 0 Å². The topological polar surface area (TPSA) is 49.9 Å². The molecule has 5 heteroatoms. The zero-order chi connectivity index (χ0) is 13.6. The molecule has 0 aliphatic carbocycles. The SMILES string of the molecule is CCOC(=O)C(=CN(C)C)C(=O)C(C)N(C)C. The normalized spacial score (nSPS) is 13.5. The molecule has 0 spiro atoms. The van der Waals surface area contributed by atoms with Gasteiger partial charge < -0.3 is 9.64 Å². The van der Waals surface area contributed by atoms with Crippen molar-refractivity contribution < 1.29 is 14.3 Å². The summed E-state index contributed by atoms with van der Waals surface area (Å²) in [6.45, 7) is 3.73. The second-order valence-electron chi connectivity index (χ2n) is 4.23. The number of hydrogen-bond acceptors (Lipinski definition) is 5. The first-order chi connectivity index (χ1) is 7.81. The van der Waals surface area contributed by atoms with Crippen molar-refractivity contribution in [3.05, 3.63) is 11.8 Å². The van der Waals surface area contributed by atoms with Crippen molar-refractivity contribution in [2.24, 2.45) is 0 Å². The zero-order valence-electron chi connectivity index (χ0n) is 11.5. The van der Waals surface area contributed by atoms with Crippen molar-refractivity contribution in [1.29, 1.82) is 0 Å². The molecule has 1 atom stereocenters. The van der Waals surface area contributed by atoms with Crippen molar-refractivity contribution in [3.63, 3.8) is 0 Å². The Morgan fingerprint density at radius 3 is 2.12 bits per heavy atom. The molecule has 0 N–H and O–H groups in total. The fraction of sp³-hybridized carbons (Fsp3) is 0.667. The first kappa shape index (κ1) is 15.6. The van der Waals surface area contributed by atoms with E-state index in [2.05, 4.69) is 0 Å². The molecule has 0 saturated heterocycles. The van der Waals surface area contributed by atoms with Gasteiger partial charge in [-0.2, -0.15) is 0 Å². The van der Waals surface area contributed by atoms with Gasteiger partial charge in [0.25, 0.3) is 0 Å². The van der Waals surface area contributed by atoms with Crippen LogP contribution in [-0.2, 0) is 14.3 Å². The van der Waals surface area contributed by atoms with Gasteiger partial charge >= 0.3 is 5.97 Å². The number of rotatable bonds is 6. The summed E-state index contributed by atoms with van der Waals surface area (Å²) in [5.41, 5.74) is 0.0815. The van der Waals surface area contributed by atoms with Gasteiger partial charge in [0.15, 0.2) is 5.78 Å². The predicted molar refractivity (Wildman–Crippen MR) is 66.6 cm³/mol. The predicted octanol–water partition coefficient (Wildman–Crippen LogP) is 0.514. The minimum Gasteiger partial charge on any atom is -0.462 e. The number of Topliss-reactive ketones (excluding diaryl/α,β-unsaturated/α-hetero) is 1. The fourth-order valence-corrected chi connectivity index (χ4v) is 1.14. The first-order valence-corrected chi connectivity index (χ1v) is 5.57. The van der Waals surface area contributed by atoms with Crippen LogP contribution in [0.15, 0.2) is 11.8 Å². The van der Waals surface area contributed by atoms with E-state index in [9.17, 15) is 9.59 Å². The fourth-order valence-electron chi connectivity index (χ4n) is 1.14. The maximum Gasteiger partial charge on any atom is 0.343 e. The number of carbonyl (C=O) groups is 2. The van der Waals surface area contributed by atoms with Crippen LogP contribution >= 0.6 is 0 Å². The molecule has 0 aliphatic rings. The summed E-state index contributed by atoms with van der Waals surface area (Å²) in [4.78, 5) is 27.2. The quantitative estimate of drug-likeness (QED) is 0.294. The molecule has 1 unspecified atom stereocenters. The second-order valence-corrected chi connectivity index (χ2v) is 4.23. The molecule has 0 aromatic rings. The van der Waals surface area contributed by atoms with Crippen LogP contribution in [0, 0.1) is 0 Å². The number of likely N-dealkylation sites (N-methyl/N-ethyl adjacent to an activating group) is 1. The van der Waals surface area contributed by atoms with Gasteiger partial charge in [0, 0.05) is 20.3 Å². The average Bonchev–Trinajstić information content (AvgIpc) is 2.23. The van der Waals surface area contributed by atoms with Crippen molar-refractivity contribution >= 4 is 11.8 Å². The highest BCUT2D eigenvalue weighted by atomic mass is 16.5. The molecule has 17 heavy (non-hydrogen) atoms. The molecule has 0 fully saturated rings. The molecule has 0 aromatic carbocycles. The van der Waals surface area contributed by atoms with Crippen LogP contribution in [0.25, 0.3) is 0 Å². The van der Waals surface area contributed by atoms with Gasteiger partial charge in [-0.1, -0.05) is 0 Å². The zero-order valence-corrected chi connectivity index (χ0v) is 11.5. The van der Waals surface area contributed by atoms with E-state index in [1.165, 1.54) is 6.20 Å². The Bertz CT molecular complexity index is 309. The van der Waals surface area contributed by atoms with Crippen molar-refractivity contribution in [1.82, 2.24) is 9.80 Å². The summed E-state index contributed by atoms with van der Waals surface area (Å²) in [5, 5.41) is 0. The van der Waals surface area contributed by atoms with Gasteiger partial charge in [-0.05, 0) is 27.9 Å². The Labute approximate surface area is 103 Å². The van der Waals surface area contributed by atoms with Crippen LogP contribution in [0.1, 0.15) is 13.8 Å². The lowest BCUT2D eigenvalue weighted by Crippen LogP contribution is -2.36. The standard InChI is InChI=1S/C12H22N2O3/c1-7-17-12(16)10(8-13(3)4)11(15)9(2)14(5)6/h8-9H,7H2,1-6H3. The van der Waals surface area contributed by atoms with E-state index in [4.69, 9.17) is 4.74 Å². The van der Waals surface area contributed by atoms with E-state index in [1.54, 1.807) is 51.8 Å². The van der Waals surface area contributed by atoms with Crippen LogP contribution in [0.5, 0.6) is 0 Å². The van der Waals surface area contributed by atoms with E-state index in [1.807, 2.05) is 0 Å². The Kier molecular flexibility index (Phi) is 6.50. The van der Waals surface area contributed by atoms with Gasteiger partial charge in [0.2, 0.25) is 0 Å². The van der Waals surface area contributed by atoms with Gasteiger partial charge in [-0.3, -0.25) is 9.69 Å². The molecule has 0 saturated carbocycles. The number of ether oxygens (including phenoxy) is 1. The van der Waals surface area contributed by atoms with E-state index >= 15 is 0 Å². The Morgan fingerprint density at radius 2 is 1.76 bits per heavy atom. The maximum atomic E-state index is 12.1. The molecular weight excluding hydrogens is 220 g/mol. The molecular formula is C12H22N2O3. The molecule has 0 rings (SSSR count). The Hall–Kier alpha value is -1.36. The van der Waals surface area contributed by atoms with E-state index in [0.717, 1.165) is 0 Å². The van der Waals surface area contributed by atoms with Crippen LogP contribution in [-0.4, -0.2) is 62.4 Å². The summed E-state index contributed by atoms with van der Waals surface area (Å²) in [5.74, 6) is -0.804. The molecule has 0 amide bonds. The third-order valence-corrected chi connectivity index (χ3v) is 2.30. The monoisotopic (exact) mass is 242 g/mol. The summed E-state index contributed by atoms with van der Waals surface area (Å²) in [6, 6.07) is -0.356. The van der Waals surface area contributed by atoms with Crippen LogP contribution in [0.4, 0.5) is 0 Å². The molecule has 98 valence electrons. The first-order valence-electron chi connectivity index (χ1n) is 5.57. The van der Waals surface area contributed by atoms with E-state index in [-0.39, 0.29) is 24.0 Å². The van der Waals surface area contributed by atoms with E-state index < -0.39 is 5.97 Å². The summed E-state index contributed by atoms with van der Waals surface area (Å²) >= 11 is 0. The lowest BCUT2D eigenvalue weighted by molar-refractivity contribution is -0.140. The highest BCUT2D eigenvalue weighted by Crippen LogP contribution is 2.08. The summed E-state index contributed by atoms with van der Waals surface area (Å²) in [7, 11) is 7.10. The third kappa shape index (κ3) is 4.99. The Balaban J connectivity index is 5.07. The second kappa shape index (κ2) is 7.06. The van der Waals surface area contributed by atoms with Gasteiger partial charge in [0.1, 0.15) is 5.57 Å². The highest BCUT2D eigenvalue weighted by Gasteiger charge is 2.26. The summed E-state index contributed by atoms with van der Waals surface area (Å²) < 4.78 is 4.88. The maximum absolute atomic E-state index is 12.1. The minimum absolute atomic E-state index is 0.0815. The summed E-state index contributed by atoms with van der Waals surface area (Å²) in [6.07, 6.45) is 1.50. The number of nitrogens with zero attached hydrogens (tertiary/aromatic N) is 2. The third-order valence-electron chi connectivity index (χ3n) is 2.30. The largest absolute Gasteiger partial charge is 0.462 e. The Morgan fingerprint density at radius 1 is 1.24 bits per heavy atom. The number of ketones is 1. The molecule has 5 nitrogen and oxygen atoms in total. The van der Waals surface area contributed by atoms with Gasteiger partial charge in [-0.25, -0.2) is 4.79 Å². The smallest absolute Gasteiger partial charge is 0.343 e. The van der Waals surface area contributed by atoms with Gasteiger partial charge in [0.05, 0.1) is 12.6 Å². The van der Waals surface area contributed by atoms with Crippen molar-refractivity contribution in [3.8, 4) is 0 Å². The lowest BCUT2D eigenvalue weighted by Gasteiger charge is -2.20. The van der Waals surface area contributed by atoms with Gasteiger partial charge in [-0.15, -0.1) is 0 Å². The molecule has 0 aliphatic heterocycles. The average molecular weight is 242 g/mol.